The summed E-state index contributed by atoms with van der Waals surface area (Å²) in [6.07, 6.45) is 1.16. The number of carbonyl (C=O) groups excluding carboxylic acids is 2. The number of hydrogen-bond donors (Lipinski definition) is 2. The van der Waals surface area contributed by atoms with E-state index in [2.05, 4.69) is 20.9 Å². The fourth-order valence-corrected chi connectivity index (χ4v) is 1.60. The predicted octanol–water partition coefficient (Wildman–Crippen LogP) is 3.24. The smallest absolute Gasteiger partial charge is 0.211 e. The summed E-state index contributed by atoms with van der Waals surface area (Å²) in [7, 11) is 0. The van der Waals surface area contributed by atoms with Gasteiger partial charge in [-0.2, -0.15) is 0 Å². The molecule has 2 N–H and O–H groups in total. The summed E-state index contributed by atoms with van der Waals surface area (Å²) in [6, 6.07) is 14.0. The van der Waals surface area contributed by atoms with Crippen LogP contribution in [0.1, 0.15) is 0 Å². The van der Waals surface area contributed by atoms with Crippen LogP contribution in [0, 0.1) is 0 Å². The van der Waals surface area contributed by atoms with Crippen LogP contribution in [0.2, 0.25) is 0 Å². The van der Waals surface area contributed by atoms with Gasteiger partial charge in [-0.25, -0.2) is 0 Å². The Balaban J connectivity index is 2.29. The van der Waals surface area contributed by atoms with Crippen LogP contribution in [0.3, 0.4) is 0 Å². The highest BCUT2D eigenvalue weighted by Crippen LogP contribution is 2.29. The fourth-order valence-electron chi connectivity index (χ4n) is 1.60. The van der Waals surface area contributed by atoms with Crippen molar-refractivity contribution in [3.8, 4) is 0 Å². The summed E-state index contributed by atoms with van der Waals surface area (Å²) in [4.78, 5) is 21.0. The molecule has 2 amide bonds. The SMILES string of the molecule is O=CNc1ccccc1/N=N/c1ccccc1NC=O. The van der Waals surface area contributed by atoms with Gasteiger partial charge in [0.1, 0.15) is 11.4 Å². The molecule has 2 aromatic rings. The van der Waals surface area contributed by atoms with Crippen molar-refractivity contribution in [1.82, 2.24) is 0 Å². The standard InChI is InChI=1S/C14H12N4O2/c19-9-15-11-5-1-3-7-13(11)17-18-14-8-4-2-6-12(14)16-10-20/h1-10H,(H,15,19)(H,16,20)/b18-17+. The van der Waals surface area contributed by atoms with E-state index in [0.29, 0.717) is 35.6 Å². The molecule has 0 aliphatic rings. The van der Waals surface area contributed by atoms with Gasteiger partial charge < -0.3 is 10.6 Å². The molecule has 20 heavy (non-hydrogen) atoms. The van der Waals surface area contributed by atoms with E-state index < -0.39 is 0 Å². The van der Waals surface area contributed by atoms with E-state index in [-0.39, 0.29) is 0 Å². The van der Waals surface area contributed by atoms with Gasteiger partial charge in [0, 0.05) is 0 Å². The number of rotatable bonds is 6. The van der Waals surface area contributed by atoms with Gasteiger partial charge in [-0.3, -0.25) is 9.59 Å². The van der Waals surface area contributed by atoms with Gasteiger partial charge in [0.05, 0.1) is 11.4 Å². The number of azo groups is 1. The molecule has 0 aromatic heterocycles. The lowest BCUT2D eigenvalue weighted by Crippen LogP contribution is -1.93. The van der Waals surface area contributed by atoms with Gasteiger partial charge >= 0.3 is 0 Å². The second-order valence-corrected chi connectivity index (χ2v) is 3.76. The second-order valence-electron chi connectivity index (χ2n) is 3.76. The number of nitrogens with zero attached hydrogens (tertiary/aromatic N) is 2. The van der Waals surface area contributed by atoms with Crippen molar-refractivity contribution in [1.29, 1.82) is 0 Å². The molecule has 2 aromatic carbocycles. The van der Waals surface area contributed by atoms with Crippen molar-refractivity contribution in [2.24, 2.45) is 10.2 Å². The zero-order valence-electron chi connectivity index (χ0n) is 10.5. The molecule has 0 unspecified atom stereocenters. The van der Waals surface area contributed by atoms with Crippen molar-refractivity contribution >= 4 is 35.6 Å². The van der Waals surface area contributed by atoms with Crippen LogP contribution in [-0.2, 0) is 9.59 Å². The topological polar surface area (TPSA) is 82.9 Å². The quantitative estimate of drug-likeness (QED) is 0.622. The summed E-state index contributed by atoms with van der Waals surface area (Å²) < 4.78 is 0. The number of benzene rings is 2. The molecule has 0 radical (unpaired) electrons. The first-order valence-corrected chi connectivity index (χ1v) is 5.85. The third-order valence-electron chi connectivity index (χ3n) is 2.50. The molecule has 0 saturated heterocycles. The number of para-hydroxylation sites is 2. The third-order valence-corrected chi connectivity index (χ3v) is 2.50. The van der Waals surface area contributed by atoms with E-state index in [9.17, 15) is 9.59 Å². The first-order chi connectivity index (χ1) is 9.85. The van der Waals surface area contributed by atoms with Crippen molar-refractivity contribution in [2.75, 3.05) is 10.6 Å². The lowest BCUT2D eigenvalue weighted by molar-refractivity contribution is -0.106. The van der Waals surface area contributed by atoms with Crippen LogP contribution in [0.15, 0.2) is 58.8 Å². The lowest BCUT2D eigenvalue weighted by Gasteiger charge is -2.03. The molecule has 100 valence electrons. The fraction of sp³-hybridized carbons (Fsp3) is 0. The average molecular weight is 268 g/mol. The second kappa shape index (κ2) is 6.79. The Bertz CT molecular complexity index is 585. The monoisotopic (exact) mass is 268 g/mol. The summed E-state index contributed by atoms with van der Waals surface area (Å²) in [5, 5.41) is 13.3. The molecule has 0 aliphatic heterocycles. The highest BCUT2D eigenvalue weighted by atomic mass is 16.1. The molecule has 0 saturated carbocycles. The zero-order valence-corrected chi connectivity index (χ0v) is 10.5. The molecule has 0 bridgehead atoms. The Kier molecular flexibility index (Phi) is 4.55. The molecular formula is C14H12N4O2. The van der Waals surface area contributed by atoms with Crippen molar-refractivity contribution in [3.63, 3.8) is 0 Å². The van der Waals surface area contributed by atoms with E-state index in [1.165, 1.54) is 0 Å². The number of nitrogens with one attached hydrogen (secondary N) is 2. The van der Waals surface area contributed by atoms with Crippen molar-refractivity contribution < 1.29 is 9.59 Å². The molecule has 0 atom stereocenters. The maximum atomic E-state index is 10.5. The van der Waals surface area contributed by atoms with Gasteiger partial charge in [-0.15, -0.1) is 10.2 Å². The van der Waals surface area contributed by atoms with Crippen LogP contribution < -0.4 is 10.6 Å². The highest BCUT2D eigenvalue weighted by molar-refractivity contribution is 5.80. The van der Waals surface area contributed by atoms with Gasteiger partial charge in [-0.05, 0) is 24.3 Å². The lowest BCUT2D eigenvalue weighted by atomic mass is 10.2. The maximum Gasteiger partial charge on any atom is 0.211 e. The Morgan fingerprint density at radius 1 is 0.700 bits per heavy atom. The number of amides is 2. The van der Waals surface area contributed by atoms with Gasteiger partial charge in [0.15, 0.2) is 0 Å². The van der Waals surface area contributed by atoms with Gasteiger partial charge in [-0.1, -0.05) is 24.3 Å². The minimum Gasteiger partial charge on any atom is -0.327 e. The zero-order chi connectivity index (χ0) is 14.2. The summed E-state index contributed by atoms with van der Waals surface area (Å²) in [5.41, 5.74) is 2.18. The van der Waals surface area contributed by atoms with Crippen molar-refractivity contribution in [3.05, 3.63) is 48.5 Å². The molecule has 0 heterocycles. The van der Waals surface area contributed by atoms with E-state index in [1.807, 2.05) is 0 Å². The Labute approximate surface area is 115 Å². The van der Waals surface area contributed by atoms with Crippen LogP contribution in [0.4, 0.5) is 22.7 Å². The van der Waals surface area contributed by atoms with Gasteiger partial charge in [0.25, 0.3) is 0 Å². The van der Waals surface area contributed by atoms with E-state index >= 15 is 0 Å². The molecule has 6 nitrogen and oxygen atoms in total. The summed E-state index contributed by atoms with van der Waals surface area (Å²) >= 11 is 0. The van der Waals surface area contributed by atoms with Crippen LogP contribution in [0.5, 0.6) is 0 Å². The summed E-state index contributed by atoms with van der Waals surface area (Å²) in [6.45, 7) is 0. The van der Waals surface area contributed by atoms with Crippen LogP contribution in [-0.4, -0.2) is 12.8 Å². The highest BCUT2D eigenvalue weighted by Gasteiger charge is 2.01. The first kappa shape index (κ1) is 13.4. The molecule has 2 rings (SSSR count). The molecule has 0 fully saturated rings. The Morgan fingerprint density at radius 3 is 1.50 bits per heavy atom. The van der Waals surface area contributed by atoms with Gasteiger partial charge in [0.2, 0.25) is 12.8 Å². The molecular weight excluding hydrogens is 256 g/mol. The Hall–Kier alpha value is -3.02. The first-order valence-electron chi connectivity index (χ1n) is 5.85. The largest absolute Gasteiger partial charge is 0.327 e. The molecule has 0 aliphatic carbocycles. The van der Waals surface area contributed by atoms with E-state index in [1.54, 1.807) is 48.5 Å². The summed E-state index contributed by atoms with van der Waals surface area (Å²) in [5.74, 6) is 0. The van der Waals surface area contributed by atoms with Crippen molar-refractivity contribution in [2.45, 2.75) is 0 Å². The van der Waals surface area contributed by atoms with E-state index in [0.717, 1.165) is 0 Å². The molecule has 6 heteroatoms. The number of hydrogen-bond acceptors (Lipinski definition) is 4. The minimum atomic E-state index is 0.528. The third kappa shape index (κ3) is 3.26. The van der Waals surface area contributed by atoms with Crippen LogP contribution >= 0.6 is 0 Å². The Morgan fingerprint density at radius 2 is 1.10 bits per heavy atom. The van der Waals surface area contributed by atoms with Crippen LogP contribution in [0.25, 0.3) is 0 Å². The average Bonchev–Trinajstić information content (AvgIpc) is 2.48. The van der Waals surface area contributed by atoms with E-state index in [4.69, 9.17) is 0 Å². The number of anilines is 2. The maximum absolute atomic E-state index is 10.5. The number of carbonyl (C=O) groups is 2. The minimum absolute atomic E-state index is 0.528. The molecule has 0 spiro atoms. The normalized spacial score (nSPS) is 10.2. The predicted molar refractivity (Wildman–Crippen MR) is 76.4 cm³/mol.